The molecule has 0 aromatic carbocycles. The summed E-state index contributed by atoms with van der Waals surface area (Å²) in [6.45, 7) is 6.13. The molecular formula is C6H10IN2O-. The number of hydrogen-bond acceptors (Lipinski definition) is 2. The van der Waals surface area contributed by atoms with E-state index in [4.69, 9.17) is 0 Å². The van der Waals surface area contributed by atoms with Crippen molar-refractivity contribution in [1.29, 1.82) is 0 Å². The van der Waals surface area contributed by atoms with Gasteiger partial charge in [0, 0.05) is 0 Å². The number of carbonyl (C=O) groups excluding carboxylic acids is 1. The van der Waals surface area contributed by atoms with Crippen molar-refractivity contribution in [2.45, 2.75) is 20.8 Å². The van der Waals surface area contributed by atoms with Crippen LogP contribution < -0.4 is 26.8 Å². The Morgan fingerprint density at radius 2 is 2.10 bits per heavy atom. The van der Waals surface area contributed by atoms with Crippen LogP contribution in [0.4, 0.5) is 4.79 Å². The van der Waals surface area contributed by atoms with E-state index in [-0.39, 0.29) is 9.33 Å². The van der Waals surface area contributed by atoms with Crippen LogP contribution in [-0.2, 0) is 0 Å². The second-order valence-electron chi connectivity index (χ2n) is 3.17. The fourth-order valence-electron chi connectivity index (χ4n) is 0.530. The van der Waals surface area contributed by atoms with Gasteiger partial charge in [-0.1, -0.05) is 0 Å². The Morgan fingerprint density at radius 1 is 1.50 bits per heavy atom. The number of halogens is 1. The summed E-state index contributed by atoms with van der Waals surface area (Å²) >= 11 is -0.589. The second-order valence-corrected chi connectivity index (χ2v) is 5.11. The Labute approximate surface area is 70.9 Å². The third-order valence-corrected chi connectivity index (χ3v) is 2.56. The molecule has 3 nitrogen and oxygen atoms in total. The topological polar surface area (TPSA) is 41.5 Å². The number of nitrogens with one attached hydrogen (secondary N) is 1. The van der Waals surface area contributed by atoms with Crippen LogP contribution in [0.3, 0.4) is 0 Å². The predicted molar refractivity (Wildman–Crippen MR) is 35.4 cm³/mol. The molecule has 0 aromatic rings. The minimum atomic E-state index is -0.589. The first kappa shape index (κ1) is 7.97. The number of rotatable bonds is 0. The van der Waals surface area contributed by atoms with E-state index in [0.29, 0.717) is 0 Å². The molecule has 0 saturated heterocycles. The average molecular weight is 253 g/mol. The zero-order valence-electron chi connectivity index (χ0n) is 6.23. The molecule has 0 radical (unpaired) electrons. The van der Waals surface area contributed by atoms with Crippen LogP contribution in [0.5, 0.6) is 0 Å². The first-order valence-electron chi connectivity index (χ1n) is 3.04. The number of nitrogens with zero attached hydrogens (tertiary/aromatic N) is 1. The molecule has 1 rings (SSSR count). The van der Waals surface area contributed by atoms with Gasteiger partial charge in [0.25, 0.3) is 0 Å². The van der Waals surface area contributed by atoms with E-state index in [1.54, 1.807) is 0 Å². The first-order chi connectivity index (χ1) is 4.50. The van der Waals surface area contributed by atoms with Crippen LogP contribution >= 0.6 is 0 Å². The van der Waals surface area contributed by atoms with Gasteiger partial charge in [-0.05, 0) is 0 Å². The van der Waals surface area contributed by atoms with Gasteiger partial charge in [-0.25, -0.2) is 0 Å². The third-order valence-electron chi connectivity index (χ3n) is 1.13. The Bertz CT molecular complexity index is 192. The van der Waals surface area contributed by atoms with E-state index in [0.717, 1.165) is 5.84 Å². The van der Waals surface area contributed by atoms with Crippen LogP contribution in [0.1, 0.15) is 20.8 Å². The Morgan fingerprint density at radius 3 is 2.30 bits per heavy atom. The molecule has 0 saturated carbocycles. The standard InChI is InChI=1S/C6H10IN2O/c1-6(2,3)4-8-5(10)7-9-4/h1-3H3,(H,8,9,10)/q-1. The van der Waals surface area contributed by atoms with Gasteiger partial charge in [-0.3, -0.25) is 0 Å². The molecule has 0 bridgehead atoms. The van der Waals surface area contributed by atoms with Gasteiger partial charge in [-0.15, -0.1) is 0 Å². The van der Waals surface area contributed by atoms with E-state index in [1.807, 2.05) is 20.8 Å². The number of carbonyl (C=O) groups is 1. The molecule has 1 amide bonds. The van der Waals surface area contributed by atoms with Crippen LogP contribution in [-0.4, -0.2) is 9.75 Å². The maximum atomic E-state index is 10.7. The van der Waals surface area contributed by atoms with Crippen molar-refractivity contribution >= 4 is 9.75 Å². The van der Waals surface area contributed by atoms with Crippen LogP contribution in [0.2, 0.25) is 0 Å². The summed E-state index contributed by atoms with van der Waals surface area (Å²) in [5, 5.41) is 2.75. The van der Waals surface area contributed by atoms with Gasteiger partial charge in [0.2, 0.25) is 0 Å². The fraction of sp³-hybridized carbons (Fsp3) is 0.667. The van der Waals surface area contributed by atoms with Gasteiger partial charge in [0.15, 0.2) is 0 Å². The van der Waals surface area contributed by atoms with Crippen LogP contribution in [0.25, 0.3) is 0 Å². The van der Waals surface area contributed by atoms with Crippen molar-refractivity contribution in [2.24, 2.45) is 8.62 Å². The quantitative estimate of drug-likeness (QED) is 0.307. The van der Waals surface area contributed by atoms with Crippen molar-refractivity contribution in [2.75, 3.05) is 0 Å². The van der Waals surface area contributed by atoms with Gasteiger partial charge in [0.05, 0.1) is 0 Å². The molecular weight excluding hydrogens is 243 g/mol. The first-order valence-corrected chi connectivity index (χ1v) is 5.08. The van der Waals surface area contributed by atoms with E-state index in [9.17, 15) is 4.79 Å². The molecule has 1 N–H and O–H groups in total. The molecule has 0 aromatic heterocycles. The third kappa shape index (κ3) is 1.68. The van der Waals surface area contributed by atoms with Crippen molar-refractivity contribution < 1.29 is 26.3 Å². The normalized spacial score (nSPS) is 19.5. The van der Waals surface area contributed by atoms with E-state index in [1.165, 1.54) is 0 Å². The summed E-state index contributed by atoms with van der Waals surface area (Å²) in [5.74, 6) is 0.852. The van der Waals surface area contributed by atoms with Gasteiger partial charge < -0.3 is 0 Å². The van der Waals surface area contributed by atoms with Crippen molar-refractivity contribution in [3.05, 3.63) is 0 Å². The van der Waals surface area contributed by atoms with Crippen LogP contribution in [0, 0.1) is 5.41 Å². The SMILES string of the molecule is CC(C)(C)C1=N[I-]C(=O)N1. The fourth-order valence-corrected chi connectivity index (χ4v) is 2.21. The molecule has 58 valence electrons. The molecule has 1 aliphatic heterocycles. The monoisotopic (exact) mass is 253 g/mol. The van der Waals surface area contributed by atoms with Crippen molar-refractivity contribution in [1.82, 2.24) is 5.32 Å². The molecule has 1 aliphatic rings. The predicted octanol–water partition coefficient (Wildman–Crippen LogP) is -1.84. The van der Waals surface area contributed by atoms with E-state index < -0.39 is 21.5 Å². The number of hydrogen-bond donors (Lipinski definition) is 1. The van der Waals surface area contributed by atoms with Crippen molar-refractivity contribution in [3.8, 4) is 0 Å². The number of amides is 1. The summed E-state index contributed by atoms with van der Waals surface area (Å²) in [7, 11) is 0. The molecule has 10 heavy (non-hydrogen) atoms. The van der Waals surface area contributed by atoms with Gasteiger partial charge in [-0.2, -0.15) is 0 Å². The zero-order chi connectivity index (χ0) is 7.78. The zero-order valence-corrected chi connectivity index (χ0v) is 8.39. The molecule has 0 atom stereocenters. The van der Waals surface area contributed by atoms with Gasteiger partial charge >= 0.3 is 70.7 Å². The van der Waals surface area contributed by atoms with Crippen LogP contribution in [0.15, 0.2) is 3.21 Å². The van der Waals surface area contributed by atoms with Gasteiger partial charge in [0.1, 0.15) is 0 Å². The molecule has 0 fully saturated rings. The summed E-state index contributed by atoms with van der Waals surface area (Å²) < 4.78 is 4.27. The Hall–Kier alpha value is -0.130. The molecule has 1 heterocycles. The Balaban J connectivity index is 2.69. The second kappa shape index (κ2) is 2.48. The maximum absolute atomic E-state index is 10.7. The molecule has 0 unspecified atom stereocenters. The van der Waals surface area contributed by atoms with Crippen molar-refractivity contribution in [3.63, 3.8) is 0 Å². The summed E-state index contributed by atoms with van der Waals surface area (Å²) in [6, 6.07) is 0. The molecule has 4 heteroatoms. The molecule has 0 spiro atoms. The minimum absolute atomic E-state index is 0.00583. The average Bonchev–Trinajstić information content (AvgIpc) is 2.11. The Kier molecular flexibility index (Phi) is 1.98. The molecule has 0 aliphatic carbocycles. The number of amidine groups is 1. The van der Waals surface area contributed by atoms with E-state index in [2.05, 4.69) is 8.52 Å². The van der Waals surface area contributed by atoms with E-state index >= 15 is 0 Å². The summed E-state index contributed by atoms with van der Waals surface area (Å²) in [4.78, 5) is 10.7. The summed E-state index contributed by atoms with van der Waals surface area (Å²) in [5.41, 5.74) is 0.00583. The summed E-state index contributed by atoms with van der Waals surface area (Å²) in [6.07, 6.45) is 0.